The maximum absolute atomic E-state index is 12.9. The Morgan fingerprint density at radius 1 is 1.10 bits per heavy atom. The molecule has 4 rings (SSSR count). The quantitative estimate of drug-likeness (QED) is 0.265. The van der Waals surface area contributed by atoms with Gasteiger partial charge in [-0.2, -0.15) is 9.78 Å². The Labute approximate surface area is 244 Å². The molecule has 16 heteroatoms. The van der Waals surface area contributed by atoms with E-state index in [9.17, 15) is 18.0 Å². The van der Waals surface area contributed by atoms with Gasteiger partial charge in [-0.1, -0.05) is 35.3 Å². The number of nitrogens with one attached hydrogen (secondary N) is 2. The number of tetrazole rings is 1. The minimum atomic E-state index is -3.57. The van der Waals surface area contributed by atoms with Crippen LogP contribution < -0.4 is 10.6 Å². The Kier molecular flexibility index (Phi) is 9.27. The number of aromatic nitrogens is 6. The first-order valence-electron chi connectivity index (χ1n) is 11.7. The predicted molar refractivity (Wildman–Crippen MR) is 152 cm³/mol. The fourth-order valence-electron chi connectivity index (χ4n) is 3.69. The molecule has 0 spiro atoms. The van der Waals surface area contributed by atoms with Crippen molar-refractivity contribution in [3.63, 3.8) is 0 Å². The van der Waals surface area contributed by atoms with Crippen molar-refractivity contribution in [3.05, 3.63) is 82.4 Å². The van der Waals surface area contributed by atoms with Crippen LogP contribution in [0, 0.1) is 0 Å². The van der Waals surface area contributed by atoms with Crippen LogP contribution in [0.3, 0.4) is 0 Å². The first kappa shape index (κ1) is 29.6. The topological polar surface area (TPSA) is 171 Å². The van der Waals surface area contributed by atoms with E-state index in [1.54, 1.807) is 48.5 Å². The van der Waals surface area contributed by atoms with Gasteiger partial charge in [-0.25, -0.2) is 13.2 Å². The molecule has 0 radical (unpaired) electrons. The number of halogens is 2. The van der Waals surface area contributed by atoms with E-state index in [4.69, 9.17) is 23.2 Å². The maximum atomic E-state index is 12.9. The first-order chi connectivity index (χ1) is 19.5. The number of ether oxygens (including phenoxy) is 1. The molecule has 212 valence electrons. The Morgan fingerprint density at radius 3 is 2.51 bits per heavy atom. The molecule has 0 saturated carbocycles. The Hall–Kier alpha value is -4.40. The lowest BCUT2D eigenvalue weighted by molar-refractivity contribution is -0.117. The number of rotatable bonds is 9. The Bertz CT molecular complexity index is 1700. The highest BCUT2D eigenvalue weighted by molar-refractivity contribution is 7.90. The SMILES string of the molecule is COC(=O)Nc1ccc(-c2cc(C(CS(C)(=O)=O)NC(=O)/C=C/c3cc(Cl)ccc3-n3cnnn3)nnc2Cl)cc1. The number of hydrogen-bond donors (Lipinski definition) is 2. The fraction of sp³-hybridized carbons (Fsp3) is 0.160. The van der Waals surface area contributed by atoms with Crippen LogP contribution in [0.4, 0.5) is 10.5 Å². The average molecular weight is 617 g/mol. The lowest BCUT2D eigenvalue weighted by Crippen LogP contribution is -2.32. The largest absolute Gasteiger partial charge is 0.453 e. The zero-order valence-electron chi connectivity index (χ0n) is 21.5. The predicted octanol–water partition coefficient (Wildman–Crippen LogP) is 3.52. The third-order valence-corrected chi connectivity index (χ3v) is 6.99. The van der Waals surface area contributed by atoms with E-state index in [0.29, 0.717) is 33.1 Å². The first-order valence-corrected chi connectivity index (χ1v) is 14.5. The Balaban J connectivity index is 1.60. The van der Waals surface area contributed by atoms with Gasteiger partial charge >= 0.3 is 6.09 Å². The molecule has 41 heavy (non-hydrogen) atoms. The molecule has 2 amide bonds. The van der Waals surface area contributed by atoms with Gasteiger partial charge in [-0.15, -0.1) is 10.2 Å². The van der Waals surface area contributed by atoms with Crippen molar-refractivity contribution in [2.45, 2.75) is 6.04 Å². The van der Waals surface area contributed by atoms with Gasteiger partial charge < -0.3 is 10.1 Å². The van der Waals surface area contributed by atoms with E-state index in [-0.39, 0.29) is 10.8 Å². The summed E-state index contributed by atoms with van der Waals surface area (Å²) < 4.78 is 30.5. The minimum Gasteiger partial charge on any atom is -0.453 e. The molecule has 2 aromatic heterocycles. The number of methoxy groups -OCH3 is 1. The molecule has 13 nitrogen and oxygen atoms in total. The van der Waals surface area contributed by atoms with Crippen LogP contribution >= 0.6 is 23.2 Å². The smallest absolute Gasteiger partial charge is 0.411 e. The molecule has 0 fully saturated rings. The summed E-state index contributed by atoms with van der Waals surface area (Å²) in [5.74, 6) is -1.05. The summed E-state index contributed by atoms with van der Waals surface area (Å²) >= 11 is 12.4. The Morgan fingerprint density at radius 2 is 1.85 bits per heavy atom. The van der Waals surface area contributed by atoms with Crippen molar-refractivity contribution in [2.75, 3.05) is 24.4 Å². The van der Waals surface area contributed by atoms with E-state index in [2.05, 4.69) is 41.1 Å². The van der Waals surface area contributed by atoms with E-state index < -0.39 is 33.6 Å². The second-order valence-corrected chi connectivity index (χ2v) is 11.6. The molecule has 0 aliphatic heterocycles. The third kappa shape index (κ3) is 8.06. The van der Waals surface area contributed by atoms with Crippen LogP contribution in [-0.4, -0.2) is 69.9 Å². The van der Waals surface area contributed by atoms with Crippen LogP contribution in [0.1, 0.15) is 17.3 Å². The lowest BCUT2D eigenvalue weighted by Gasteiger charge is -2.17. The number of hydrogen-bond acceptors (Lipinski definition) is 10. The summed E-state index contributed by atoms with van der Waals surface area (Å²) in [4.78, 5) is 24.4. The number of carbonyl (C=O) groups is 2. The molecule has 4 aromatic rings. The number of amides is 2. The normalized spacial score (nSPS) is 12.2. The van der Waals surface area contributed by atoms with Crippen LogP contribution in [0.2, 0.25) is 10.2 Å². The summed E-state index contributed by atoms with van der Waals surface area (Å²) in [7, 11) is -2.32. The zero-order valence-corrected chi connectivity index (χ0v) is 23.9. The minimum absolute atomic E-state index is 0.0582. The summed E-state index contributed by atoms with van der Waals surface area (Å²) in [5, 5.41) is 24.8. The highest BCUT2D eigenvalue weighted by Crippen LogP contribution is 2.29. The fourth-order valence-corrected chi connectivity index (χ4v) is 4.94. The summed E-state index contributed by atoms with van der Waals surface area (Å²) in [6, 6.07) is 12.1. The van der Waals surface area contributed by atoms with Gasteiger partial charge in [-0.05, 0) is 58.5 Å². The molecule has 2 aromatic carbocycles. The number of anilines is 1. The van der Waals surface area contributed by atoms with Gasteiger partial charge in [0.1, 0.15) is 16.2 Å². The van der Waals surface area contributed by atoms with Crippen LogP contribution in [-0.2, 0) is 19.4 Å². The number of benzene rings is 2. The molecule has 0 bridgehead atoms. The molecule has 1 unspecified atom stereocenters. The highest BCUT2D eigenvalue weighted by Gasteiger charge is 2.23. The highest BCUT2D eigenvalue weighted by atomic mass is 35.5. The maximum Gasteiger partial charge on any atom is 0.411 e. The second kappa shape index (κ2) is 12.8. The van der Waals surface area contributed by atoms with Crippen molar-refractivity contribution in [1.82, 2.24) is 35.7 Å². The average Bonchev–Trinajstić information content (AvgIpc) is 3.46. The van der Waals surface area contributed by atoms with Gasteiger partial charge in [0.15, 0.2) is 5.15 Å². The standard InChI is InChI=1S/C25H22Cl2N8O5S/c1-40-25(37)29-18-7-3-15(4-8-18)19-12-20(31-32-24(19)27)21(13-41(2,38)39)30-23(36)10-5-16-11-17(26)6-9-22(16)35-14-28-33-34-35/h3-12,14,21H,13H2,1-2H3,(H,29,37)(H,30,36)/b10-5+. The van der Waals surface area contributed by atoms with Crippen molar-refractivity contribution < 1.29 is 22.7 Å². The van der Waals surface area contributed by atoms with Gasteiger partial charge in [0, 0.05) is 34.2 Å². The van der Waals surface area contributed by atoms with Crippen LogP contribution in [0.25, 0.3) is 22.9 Å². The molecule has 2 N–H and O–H groups in total. The van der Waals surface area contributed by atoms with Gasteiger partial charge in [0.25, 0.3) is 0 Å². The van der Waals surface area contributed by atoms with Crippen molar-refractivity contribution in [1.29, 1.82) is 0 Å². The summed E-state index contributed by atoms with van der Waals surface area (Å²) in [5.41, 5.74) is 2.81. The van der Waals surface area contributed by atoms with E-state index in [1.165, 1.54) is 30.3 Å². The summed E-state index contributed by atoms with van der Waals surface area (Å²) in [6.45, 7) is 0. The molecule has 1 atom stereocenters. The van der Waals surface area contributed by atoms with E-state index in [1.807, 2.05) is 0 Å². The van der Waals surface area contributed by atoms with E-state index in [0.717, 1.165) is 6.26 Å². The second-order valence-electron chi connectivity index (χ2n) is 8.61. The molecular weight excluding hydrogens is 595 g/mol. The number of nitrogens with zero attached hydrogens (tertiary/aromatic N) is 6. The number of carbonyl (C=O) groups excluding carboxylic acids is 2. The van der Waals surface area contributed by atoms with Crippen LogP contribution in [0.5, 0.6) is 0 Å². The molecular formula is C25H22Cl2N8O5S. The van der Waals surface area contributed by atoms with Gasteiger partial charge in [0.05, 0.1) is 30.3 Å². The molecule has 2 heterocycles. The van der Waals surface area contributed by atoms with Crippen LogP contribution in [0.15, 0.2) is 60.9 Å². The van der Waals surface area contributed by atoms with E-state index >= 15 is 0 Å². The third-order valence-electron chi connectivity index (χ3n) is 5.54. The molecule has 0 saturated heterocycles. The lowest BCUT2D eigenvalue weighted by atomic mass is 10.1. The van der Waals surface area contributed by atoms with Crippen molar-refractivity contribution >= 4 is 56.8 Å². The monoisotopic (exact) mass is 616 g/mol. The van der Waals surface area contributed by atoms with Gasteiger partial charge in [-0.3, -0.25) is 10.1 Å². The van der Waals surface area contributed by atoms with Gasteiger partial charge in [0.2, 0.25) is 5.91 Å². The zero-order chi connectivity index (χ0) is 29.6. The van der Waals surface area contributed by atoms with Crippen molar-refractivity contribution in [3.8, 4) is 16.8 Å². The molecule has 0 aliphatic rings. The number of sulfone groups is 1. The molecule has 0 aliphatic carbocycles. The summed E-state index contributed by atoms with van der Waals surface area (Å²) in [6.07, 6.45) is 4.54. The van der Waals surface area contributed by atoms with Crippen molar-refractivity contribution in [2.24, 2.45) is 0 Å².